The van der Waals surface area contributed by atoms with Crippen molar-refractivity contribution in [3.63, 3.8) is 0 Å². The SMILES string of the molecule is CS(=O)CC(=O)N1CC(F)(c2ccc(C3=NOC(c4cc(Cl)c(Cl)c(Cl)c4)(C(F)(F)F)C3)cn2)C1. The molecule has 1 amide bonds. The van der Waals surface area contributed by atoms with Gasteiger partial charge in [0.2, 0.25) is 5.91 Å². The Kier molecular flexibility index (Phi) is 6.84. The van der Waals surface area contributed by atoms with Crippen molar-refractivity contribution >= 4 is 57.2 Å². The highest BCUT2D eigenvalue weighted by Crippen LogP contribution is 2.50. The molecule has 2 aliphatic heterocycles. The van der Waals surface area contributed by atoms with E-state index in [2.05, 4.69) is 10.1 Å². The van der Waals surface area contributed by atoms with E-state index in [1.54, 1.807) is 0 Å². The molecule has 0 radical (unpaired) electrons. The number of oxime groups is 1. The van der Waals surface area contributed by atoms with Crippen molar-refractivity contribution in [3.8, 4) is 0 Å². The number of carbonyl (C=O) groups is 1. The summed E-state index contributed by atoms with van der Waals surface area (Å²) >= 11 is 17.7. The Morgan fingerprint density at radius 3 is 2.34 bits per heavy atom. The van der Waals surface area contributed by atoms with Gasteiger partial charge in [-0.3, -0.25) is 14.0 Å². The van der Waals surface area contributed by atoms with E-state index < -0.39 is 40.6 Å². The number of halogens is 7. The number of amides is 1. The van der Waals surface area contributed by atoms with Crippen LogP contribution in [0.15, 0.2) is 35.6 Å². The van der Waals surface area contributed by atoms with E-state index in [-0.39, 0.29) is 56.4 Å². The van der Waals surface area contributed by atoms with Gasteiger partial charge in [-0.15, -0.1) is 0 Å². The van der Waals surface area contributed by atoms with Gasteiger partial charge >= 0.3 is 6.18 Å². The van der Waals surface area contributed by atoms with Gasteiger partial charge in [-0.25, -0.2) is 4.39 Å². The van der Waals surface area contributed by atoms with Gasteiger partial charge in [-0.1, -0.05) is 40.0 Å². The molecule has 6 nitrogen and oxygen atoms in total. The third kappa shape index (κ3) is 4.75. The minimum Gasteiger partial charge on any atom is -0.374 e. The lowest BCUT2D eigenvalue weighted by Gasteiger charge is -2.43. The van der Waals surface area contributed by atoms with Gasteiger partial charge < -0.3 is 9.74 Å². The Morgan fingerprint density at radius 2 is 1.83 bits per heavy atom. The van der Waals surface area contributed by atoms with Crippen LogP contribution in [0.2, 0.25) is 15.1 Å². The van der Waals surface area contributed by atoms with Crippen molar-refractivity contribution in [1.82, 2.24) is 9.88 Å². The number of hydrogen-bond acceptors (Lipinski definition) is 5. The number of nitrogens with zero attached hydrogens (tertiary/aromatic N) is 3. The number of benzene rings is 1. The summed E-state index contributed by atoms with van der Waals surface area (Å²) in [6.07, 6.45) is -3.03. The van der Waals surface area contributed by atoms with Crippen LogP contribution in [0.1, 0.15) is 23.2 Å². The number of rotatable bonds is 5. The summed E-state index contributed by atoms with van der Waals surface area (Å²) in [5.41, 5.74) is -4.99. The number of pyridine rings is 1. The van der Waals surface area contributed by atoms with Crippen LogP contribution in [-0.2, 0) is 31.7 Å². The Balaban J connectivity index is 1.53. The molecule has 2 atom stereocenters. The van der Waals surface area contributed by atoms with E-state index in [4.69, 9.17) is 39.6 Å². The van der Waals surface area contributed by atoms with E-state index >= 15 is 4.39 Å². The van der Waals surface area contributed by atoms with E-state index in [9.17, 15) is 22.2 Å². The molecule has 0 aliphatic carbocycles. The third-order valence-electron chi connectivity index (χ3n) is 5.75. The summed E-state index contributed by atoms with van der Waals surface area (Å²) in [5, 5.41) is 3.20. The predicted molar refractivity (Wildman–Crippen MR) is 124 cm³/mol. The van der Waals surface area contributed by atoms with Gasteiger partial charge in [-0.05, 0) is 24.3 Å². The zero-order valence-electron chi connectivity index (χ0n) is 17.8. The number of likely N-dealkylation sites (tertiary alicyclic amines) is 1. The molecular weight excluding hydrogens is 557 g/mol. The molecule has 0 spiro atoms. The quantitative estimate of drug-likeness (QED) is 0.373. The number of hydrogen-bond donors (Lipinski definition) is 0. The molecule has 14 heteroatoms. The van der Waals surface area contributed by atoms with E-state index in [1.807, 2.05) is 0 Å². The zero-order chi connectivity index (χ0) is 25.8. The lowest BCUT2D eigenvalue weighted by Crippen LogP contribution is -2.60. The van der Waals surface area contributed by atoms with Gasteiger partial charge in [0.15, 0.2) is 5.67 Å². The molecule has 2 unspecified atom stereocenters. The summed E-state index contributed by atoms with van der Waals surface area (Å²) in [5.74, 6) is -0.633. The summed E-state index contributed by atoms with van der Waals surface area (Å²) in [4.78, 5) is 22.1. The molecule has 0 saturated carbocycles. The lowest BCUT2D eigenvalue weighted by atomic mass is 9.86. The number of carbonyl (C=O) groups excluding carboxylic acids is 1. The molecule has 188 valence electrons. The maximum atomic E-state index is 15.1. The highest BCUT2D eigenvalue weighted by Gasteiger charge is 2.62. The Labute approximate surface area is 214 Å². The van der Waals surface area contributed by atoms with E-state index in [1.165, 1.54) is 29.5 Å². The molecule has 3 heterocycles. The monoisotopic (exact) mass is 571 g/mol. The predicted octanol–water partition coefficient (Wildman–Crippen LogP) is 5.01. The fourth-order valence-corrected chi connectivity index (χ4v) is 4.97. The molecule has 1 fully saturated rings. The normalized spacial score (nSPS) is 22.3. The summed E-state index contributed by atoms with van der Waals surface area (Å²) in [6, 6.07) is 4.74. The summed E-state index contributed by atoms with van der Waals surface area (Å²) in [7, 11) is -1.34. The van der Waals surface area contributed by atoms with Gasteiger partial charge in [0.25, 0.3) is 5.60 Å². The van der Waals surface area contributed by atoms with Crippen LogP contribution in [0.4, 0.5) is 17.6 Å². The molecule has 1 saturated heterocycles. The second-order valence-electron chi connectivity index (χ2n) is 8.25. The summed E-state index contributed by atoms with van der Waals surface area (Å²) in [6.45, 7) is -0.511. The highest BCUT2D eigenvalue weighted by molar-refractivity contribution is 7.85. The van der Waals surface area contributed by atoms with Crippen LogP contribution >= 0.6 is 34.8 Å². The average molecular weight is 573 g/mol. The molecule has 2 aromatic rings. The lowest BCUT2D eigenvalue weighted by molar-refractivity contribution is -0.275. The van der Waals surface area contributed by atoms with Crippen molar-refractivity contribution in [2.75, 3.05) is 25.1 Å². The first-order valence-corrected chi connectivity index (χ1v) is 12.8. The Morgan fingerprint density at radius 1 is 1.20 bits per heavy atom. The topological polar surface area (TPSA) is 71.9 Å². The molecule has 1 aromatic heterocycles. The zero-order valence-corrected chi connectivity index (χ0v) is 20.9. The molecule has 0 bridgehead atoms. The number of aromatic nitrogens is 1. The molecule has 0 N–H and O–H groups in total. The smallest absolute Gasteiger partial charge is 0.374 e. The van der Waals surface area contributed by atoms with Crippen molar-refractivity contribution in [2.45, 2.75) is 23.9 Å². The first-order valence-electron chi connectivity index (χ1n) is 9.96. The van der Waals surface area contributed by atoms with Crippen LogP contribution in [-0.4, -0.2) is 57.0 Å². The van der Waals surface area contributed by atoms with Gasteiger partial charge in [-0.2, -0.15) is 13.2 Å². The average Bonchev–Trinajstić information content (AvgIpc) is 3.21. The van der Waals surface area contributed by atoms with Gasteiger partial charge in [0.05, 0.1) is 46.0 Å². The van der Waals surface area contributed by atoms with Crippen molar-refractivity contribution < 1.29 is 31.4 Å². The second kappa shape index (κ2) is 9.17. The number of alkyl halides is 4. The van der Waals surface area contributed by atoms with Crippen LogP contribution in [0.25, 0.3) is 0 Å². The fraction of sp³-hybridized carbons (Fsp3) is 0.381. The van der Waals surface area contributed by atoms with Crippen molar-refractivity contribution in [1.29, 1.82) is 0 Å². The van der Waals surface area contributed by atoms with Crippen molar-refractivity contribution in [2.24, 2.45) is 5.16 Å². The molecule has 4 rings (SSSR count). The minimum absolute atomic E-state index is 0.0146. The highest BCUT2D eigenvalue weighted by atomic mass is 35.5. The third-order valence-corrected chi connectivity index (χ3v) is 7.60. The van der Waals surface area contributed by atoms with E-state index in [0.29, 0.717) is 0 Å². The largest absolute Gasteiger partial charge is 0.435 e. The first kappa shape index (κ1) is 26.1. The standard InChI is InChI=1S/C21H16Cl3F4N3O3S/c1-35(33)8-17(32)31-9-19(25,10-31)16-3-2-11(7-29-16)15-6-20(34-30-15,21(26,27)28)12-4-13(22)18(24)14(23)5-12/h2-5,7H,6,8-10H2,1H3. The van der Waals surface area contributed by atoms with Crippen LogP contribution in [0.3, 0.4) is 0 Å². The maximum Gasteiger partial charge on any atom is 0.435 e. The minimum atomic E-state index is -4.89. The van der Waals surface area contributed by atoms with Crippen molar-refractivity contribution in [3.05, 3.63) is 62.4 Å². The summed E-state index contributed by atoms with van der Waals surface area (Å²) < 4.78 is 68.8. The fourth-order valence-electron chi connectivity index (χ4n) is 3.84. The molecular formula is C21H16Cl3F4N3O3S. The van der Waals surface area contributed by atoms with Crippen LogP contribution in [0.5, 0.6) is 0 Å². The molecule has 35 heavy (non-hydrogen) atoms. The first-order chi connectivity index (χ1) is 16.3. The van der Waals surface area contributed by atoms with Gasteiger partial charge in [0.1, 0.15) is 5.75 Å². The Hall–Kier alpha value is -1.95. The Bertz CT molecular complexity index is 1210. The second-order valence-corrected chi connectivity index (χ2v) is 10.9. The van der Waals surface area contributed by atoms with E-state index in [0.717, 1.165) is 12.1 Å². The molecule has 1 aromatic carbocycles. The maximum absolute atomic E-state index is 15.1. The van der Waals surface area contributed by atoms with Crippen LogP contribution < -0.4 is 0 Å². The van der Waals surface area contributed by atoms with Crippen LogP contribution in [0, 0.1) is 0 Å². The molecule has 2 aliphatic rings. The van der Waals surface area contributed by atoms with Gasteiger partial charge in [0, 0.05) is 34.4 Å².